The van der Waals surface area contributed by atoms with Gasteiger partial charge in [-0.25, -0.2) is 0 Å². The van der Waals surface area contributed by atoms with Crippen LogP contribution in [0.25, 0.3) is 71.9 Å². The maximum atomic E-state index is 10.4. The molecule has 5 aromatic carbocycles. The van der Waals surface area contributed by atoms with Gasteiger partial charge in [0, 0.05) is 48.7 Å². The van der Waals surface area contributed by atoms with Crippen molar-refractivity contribution in [2.24, 2.45) is 0 Å². The molecule has 0 N–H and O–H groups in total. The minimum atomic E-state index is -0.547. The standard InChI is InChI=1S/C34H24N3O.C19H22N.Ir/c1-34(2,3)26-18-17-24(27-12-8-9-19-36-27)32-30(26)25-16-15-21(20-35)31(33(25)38-32)37-28-13-6-4-10-22(28)23-11-5-7-14-29(23)37;1-18(2)10-11-19(3,4)16-13-14(8-9-15(16)18)17-7-5-6-12-20-17;/h4-16,18-19H,1-3H3;5-7,9,12-13H,10-11H2,1-4H3;/q2*-1;/i4D,5D,6D,7D,10D,11D,13D,14D;;. The molecule has 1 radical (unpaired) electrons. The summed E-state index contributed by atoms with van der Waals surface area (Å²) >= 11 is 0. The fraction of sp³-hybridized carbons (Fsp3) is 0.226. The Kier molecular flexibility index (Phi) is 7.94. The van der Waals surface area contributed by atoms with Gasteiger partial charge < -0.3 is 19.0 Å². The van der Waals surface area contributed by atoms with Crippen LogP contribution in [-0.4, -0.2) is 14.5 Å². The van der Waals surface area contributed by atoms with Crippen molar-refractivity contribution in [1.82, 2.24) is 14.5 Å². The van der Waals surface area contributed by atoms with Gasteiger partial charge in [0.1, 0.15) is 17.3 Å². The Morgan fingerprint density at radius 3 is 1.95 bits per heavy atom. The van der Waals surface area contributed by atoms with Crippen molar-refractivity contribution in [2.45, 2.75) is 77.6 Å². The van der Waals surface area contributed by atoms with Crippen LogP contribution in [0.2, 0.25) is 0 Å². The first-order chi connectivity index (χ1) is 31.2. The summed E-state index contributed by atoms with van der Waals surface area (Å²) in [5, 5.41) is 11.6. The second-order valence-electron chi connectivity index (χ2n) is 17.2. The minimum absolute atomic E-state index is 0. The molecule has 5 nitrogen and oxygen atoms in total. The molecule has 4 heterocycles. The van der Waals surface area contributed by atoms with Gasteiger partial charge in [-0.3, -0.25) is 0 Å². The van der Waals surface area contributed by atoms with Crippen molar-refractivity contribution in [3.63, 3.8) is 0 Å². The molecule has 0 aliphatic heterocycles. The summed E-state index contributed by atoms with van der Waals surface area (Å²) in [6.07, 6.45) is 5.98. The Hall–Kier alpha value is -5.86. The molecule has 9 aromatic rings. The summed E-state index contributed by atoms with van der Waals surface area (Å²) < 4.78 is 77.2. The molecule has 0 fully saturated rings. The van der Waals surface area contributed by atoms with Gasteiger partial charge in [-0.2, -0.15) is 5.26 Å². The topological polar surface area (TPSA) is 67.6 Å². The molecular formula is C53H46IrN4O-2. The van der Waals surface area contributed by atoms with Crippen LogP contribution in [0.5, 0.6) is 0 Å². The smallest absolute Gasteiger partial charge is 0.146 e. The Morgan fingerprint density at radius 1 is 0.746 bits per heavy atom. The molecule has 59 heavy (non-hydrogen) atoms. The predicted octanol–water partition coefficient (Wildman–Crippen LogP) is 13.6. The number of hydrogen-bond acceptors (Lipinski definition) is 4. The van der Waals surface area contributed by atoms with Gasteiger partial charge in [-0.1, -0.05) is 132 Å². The zero-order valence-electron chi connectivity index (χ0n) is 42.0. The van der Waals surface area contributed by atoms with E-state index in [1.54, 1.807) is 24.4 Å². The molecule has 4 aromatic heterocycles. The Labute approximate surface area is 371 Å². The zero-order valence-corrected chi connectivity index (χ0v) is 36.3. The SMILES string of the molecule is CC1(C)CCC(C)(C)c2cc(-c3ccccn3)[c-]cc21.[2H]c1c([2H])c([2H])c2c(c1[2H])c1c([2H])c([2H])c([2H])c([2H])c1n2-c1c(C#N)ccc2c1oc1c(-c3ccccn3)[c-]cc(C(C)(C)C)c12.[Ir]. The molecule has 0 saturated heterocycles. The Morgan fingerprint density at radius 2 is 1.36 bits per heavy atom. The van der Waals surface area contributed by atoms with Crippen molar-refractivity contribution in [3.8, 4) is 34.3 Å². The van der Waals surface area contributed by atoms with Crippen LogP contribution < -0.4 is 0 Å². The molecule has 6 heteroatoms. The second-order valence-corrected chi connectivity index (χ2v) is 17.2. The number of benzene rings is 5. The molecule has 1 aliphatic rings. The Bertz CT molecular complexity index is 3440. The number of rotatable bonds is 3. The first-order valence-corrected chi connectivity index (χ1v) is 19.4. The Balaban J connectivity index is 0.000000242. The van der Waals surface area contributed by atoms with Crippen LogP contribution in [0, 0.1) is 23.5 Å². The van der Waals surface area contributed by atoms with Crippen LogP contribution in [0.15, 0.2) is 132 Å². The van der Waals surface area contributed by atoms with Gasteiger partial charge in [-0.05, 0) is 64.3 Å². The van der Waals surface area contributed by atoms with Crippen molar-refractivity contribution < 1.29 is 35.5 Å². The van der Waals surface area contributed by atoms with Crippen molar-refractivity contribution in [2.75, 3.05) is 0 Å². The van der Waals surface area contributed by atoms with Crippen LogP contribution in [-0.2, 0) is 36.4 Å². The predicted molar refractivity (Wildman–Crippen MR) is 237 cm³/mol. The third-order valence-corrected chi connectivity index (χ3v) is 11.5. The van der Waals surface area contributed by atoms with Crippen molar-refractivity contribution in [3.05, 3.63) is 162 Å². The van der Waals surface area contributed by atoms with Crippen LogP contribution in [0.3, 0.4) is 0 Å². The summed E-state index contributed by atoms with van der Waals surface area (Å²) in [7, 11) is 0. The van der Waals surface area contributed by atoms with E-state index < -0.39 is 48.3 Å². The maximum Gasteiger partial charge on any atom is 0.146 e. The molecule has 0 saturated carbocycles. The van der Waals surface area contributed by atoms with Crippen LogP contribution >= 0.6 is 0 Å². The number of hydrogen-bond donors (Lipinski definition) is 0. The van der Waals surface area contributed by atoms with Crippen molar-refractivity contribution in [1.29, 1.82) is 5.26 Å². The summed E-state index contributed by atoms with van der Waals surface area (Å²) in [6, 6.07) is 26.2. The molecule has 0 spiro atoms. The zero-order chi connectivity index (χ0) is 47.4. The third kappa shape index (κ3) is 6.87. The van der Waals surface area contributed by atoms with E-state index in [-0.39, 0.29) is 75.0 Å². The minimum Gasteiger partial charge on any atom is -0.498 e. The summed E-state index contributed by atoms with van der Waals surface area (Å²) in [5.41, 5.74) is 7.88. The largest absolute Gasteiger partial charge is 0.498 e. The van der Waals surface area contributed by atoms with E-state index in [0.29, 0.717) is 22.2 Å². The van der Waals surface area contributed by atoms with Gasteiger partial charge in [-0.15, -0.1) is 52.6 Å². The molecule has 0 unspecified atom stereocenters. The average Bonchev–Trinajstić information content (AvgIpc) is 3.87. The first kappa shape index (κ1) is 31.1. The number of pyridine rings is 2. The number of aromatic nitrogens is 3. The van der Waals surface area contributed by atoms with Gasteiger partial charge >= 0.3 is 0 Å². The van der Waals surface area contributed by atoms with E-state index in [9.17, 15) is 5.26 Å². The van der Waals surface area contributed by atoms with Gasteiger partial charge in [0.2, 0.25) is 0 Å². The number of fused-ring (bicyclic) bond motifs is 7. The third-order valence-electron chi connectivity index (χ3n) is 11.5. The van der Waals surface area contributed by atoms with E-state index in [2.05, 4.69) is 94.8 Å². The molecule has 0 atom stereocenters. The molecule has 0 bridgehead atoms. The number of furan rings is 1. The van der Waals surface area contributed by atoms with Gasteiger partial charge in [0.25, 0.3) is 0 Å². The van der Waals surface area contributed by atoms with Crippen LogP contribution in [0.1, 0.15) is 94.5 Å². The van der Waals surface area contributed by atoms with Gasteiger partial charge in [0.05, 0.1) is 33.1 Å². The monoisotopic (exact) mass is 955 g/mol. The summed E-state index contributed by atoms with van der Waals surface area (Å²) in [5.74, 6) is 0. The summed E-state index contributed by atoms with van der Waals surface area (Å²) in [6.45, 7) is 15.6. The maximum absolute atomic E-state index is 10.4. The number of nitriles is 1. The molecule has 0 amide bonds. The second kappa shape index (κ2) is 15.1. The average molecular weight is 955 g/mol. The number of nitrogens with zero attached hydrogens (tertiary/aromatic N) is 4. The fourth-order valence-corrected chi connectivity index (χ4v) is 8.30. The van der Waals surface area contributed by atoms with Crippen LogP contribution in [0.4, 0.5) is 0 Å². The summed E-state index contributed by atoms with van der Waals surface area (Å²) in [4.78, 5) is 8.96. The normalized spacial score (nSPS) is 16.2. The number of para-hydroxylation sites is 2. The van der Waals surface area contributed by atoms with E-state index in [4.69, 9.17) is 15.4 Å². The molecule has 1 aliphatic carbocycles. The van der Waals surface area contributed by atoms with Gasteiger partial charge in [0.15, 0.2) is 0 Å². The molecule has 10 rings (SSSR count). The molecular weight excluding hydrogens is 901 g/mol. The van der Waals surface area contributed by atoms with Crippen molar-refractivity contribution >= 4 is 43.7 Å². The van der Waals surface area contributed by atoms with E-state index in [0.717, 1.165) is 22.2 Å². The van der Waals surface area contributed by atoms with E-state index in [1.165, 1.54) is 28.5 Å². The fourth-order valence-electron chi connectivity index (χ4n) is 8.30. The quantitative estimate of drug-likeness (QED) is 0.166. The van der Waals surface area contributed by atoms with E-state index >= 15 is 0 Å². The van der Waals surface area contributed by atoms with E-state index in [1.807, 2.05) is 36.5 Å². The molecule has 295 valence electrons. The first-order valence-electron chi connectivity index (χ1n) is 23.4.